The quantitative estimate of drug-likeness (QED) is 0.441. The zero-order chi connectivity index (χ0) is 23.3. The molecule has 1 amide bonds. The number of hydrogen-bond acceptors (Lipinski definition) is 5. The smallest absolute Gasteiger partial charge is 0.366 e. The van der Waals surface area contributed by atoms with E-state index in [-0.39, 0.29) is 26.9 Å². The Morgan fingerprint density at radius 3 is 2.38 bits per heavy atom. The lowest BCUT2D eigenvalue weighted by molar-refractivity contribution is -0.136. The van der Waals surface area contributed by atoms with Crippen LogP contribution in [0.1, 0.15) is 15.9 Å². The van der Waals surface area contributed by atoms with E-state index in [1.54, 1.807) is 24.3 Å². The standard InChI is InChI=1S/C22H15F3N2O3S2/c1-32(29,30)13-5-2-4-12(10-13)17-8-9-18(31-17)19-14-6-3-7-16(22(23,24)25)20(14)27-11-15(19)21(26)28/h2-11H,1H3,(H2,26,28). The highest BCUT2D eigenvalue weighted by molar-refractivity contribution is 7.90. The van der Waals surface area contributed by atoms with Crippen LogP contribution in [0.4, 0.5) is 13.2 Å². The van der Waals surface area contributed by atoms with Gasteiger partial charge in [0.1, 0.15) is 0 Å². The van der Waals surface area contributed by atoms with Gasteiger partial charge >= 0.3 is 6.18 Å². The fourth-order valence-electron chi connectivity index (χ4n) is 3.41. The largest absolute Gasteiger partial charge is 0.418 e. The van der Waals surface area contributed by atoms with Crippen molar-refractivity contribution in [2.24, 2.45) is 5.73 Å². The van der Waals surface area contributed by atoms with E-state index in [0.29, 0.717) is 15.3 Å². The highest BCUT2D eigenvalue weighted by Gasteiger charge is 2.34. The Labute approximate surface area is 185 Å². The number of benzene rings is 2. The van der Waals surface area contributed by atoms with Crippen molar-refractivity contribution >= 4 is 38.0 Å². The molecule has 0 atom stereocenters. The molecule has 2 N–H and O–H groups in total. The third-order valence-electron chi connectivity index (χ3n) is 4.87. The summed E-state index contributed by atoms with van der Waals surface area (Å²) >= 11 is 1.21. The summed E-state index contributed by atoms with van der Waals surface area (Å²) in [4.78, 5) is 17.3. The van der Waals surface area contributed by atoms with Gasteiger partial charge in [0.05, 0.1) is 21.5 Å². The number of carbonyl (C=O) groups excluding carboxylic acids is 1. The summed E-state index contributed by atoms with van der Waals surface area (Å²) in [6, 6.07) is 13.4. The minimum atomic E-state index is -4.62. The zero-order valence-electron chi connectivity index (χ0n) is 16.5. The van der Waals surface area contributed by atoms with E-state index >= 15 is 0 Å². The second-order valence-corrected chi connectivity index (χ2v) is 10.2. The average molecular weight is 477 g/mol. The van der Waals surface area contributed by atoms with Gasteiger partial charge in [-0.05, 0) is 35.9 Å². The van der Waals surface area contributed by atoms with Crippen LogP contribution in [0.2, 0.25) is 0 Å². The number of fused-ring (bicyclic) bond motifs is 1. The van der Waals surface area contributed by atoms with Crippen molar-refractivity contribution < 1.29 is 26.4 Å². The molecule has 0 saturated carbocycles. The summed E-state index contributed by atoms with van der Waals surface area (Å²) in [7, 11) is -3.42. The second-order valence-electron chi connectivity index (χ2n) is 7.07. The Morgan fingerprint density at radius 1 is 1.03 bits per heavy atom. The Balaban J connectivity index is 1.94. The van der Waals surface area contributed by atoms with E-state index in [1.165, 1.54) is 35.6 Å². The van der Waals surface area contributed by atoms with E-state index in [1.807, 2.05) is 0 Å². The van der Waals surface area contributed by atoms with Crippen molar-refractivity contribution in [3.05, 3.63) is 71.9 Å². The number of amides is 1. The van der Waals surface area contributed by atoms with Gasteiger partial charge in [0.25, 0.3) is 5.91 Å². The van der Waals surface area contributed by atoms with Crippen molar-refractivity contribution in [3.63, 3.8) is 0 Å². The van der Waals surface area contributed by atoms with Crippen molar-refractivity contribution in [1.29, 1.82) is 0 Å². The van der Waals surface area contributed by atoms with E-state index in [0.717, 1.165) is 18.5 Å². The average Bonchev–Trinajstić information content (AvgIpc) is 3.21. The van der Waals surface area contributed by atoms with Gasteiger partial charge in [-0.3, -0.25) is 9.78 Å². The first kappa shape index (κ1) is 22.0. The maximum absolute atomic E-state index is 13.5. The number of hydrogen-bond donors (Lipinski definition) is 1. The van der Waals surface area contributed by atoms with Crippen molar-refractivity contribution in [2.75, 3.05) is 6.26 Å². The zero-order valence-corrected chi connectivity index (χ0v) is 18.1. The molecule has 2 heterocycles. The van der Waals surface area contributed by atoms with Gasteiger partial charge in [0, 0.05) is 33.2 Å². The predicted molar refractivity (Wildman–Crippen MR) is 117 cm³/mol. The minimum absolute atomic E-state index is 0.00453. The van der Waals surface area contributed by atoms with Gasteiger partial charge < -0.3 is 5.73 Å². The molecule has 0 radical (unpaired) electrons. The van der Waals surface area contributed by atoms with Gasteiger partial charge in [0.2, 0.25) is 0 Å². The van der Waals surface area contributed by atoms with Gasteiger partial charge in [-0.15, -0.1) is 11.3 Å². The van der Waals surface area contributed by atoms with Crippen molar-refractivity contribution in [2.45, 2.75) is 11.1 Å². The molecule has 32 heavy (non-hydrogen) atoms. The van der Waals surface area contributed by atoms with Crippen molar-refractivity contribution in [1.82, 2.24) is 4.98 Å². The molecule has 0 spiro atoms. The number of primary amides is 1. The molecule has 0 saturated heterocycles. The van der Waals surface area contributed by atoms with Crippen LogP contribution in [0.25, 0.3) is 31.8 Å². The number of nitrogens with two attached hydrogens (primary N) is 1. The van der Waals surface area contributed by atoms with Crippen LogP contribution in [-0.2, 0) is 16.0 Å². The van der Waals surface area contributed by atoms with E-state index in [2.05, 4.69) is 4.98 Å². The topological polar surface area (TPSA) is 90.1 Å². The molecule has 2 aromatic heterocycles. The highest BCUT2D eigenvalue weighted by Crippen LogP contribution is 2.42. The Morgan fingerprint density at radius 2 is 1.72 bits per heavy atom. The van der Waals surface area contributed by atoms with Crippen LogP contribution >= 0.6 is 11.3 Å². The first-order valence-corrected chi connectivity index (χ1v) is 11.9. The molecule has 5 nitrogen and oxygen atoms in total. The van der Waals surface area contributed by atoms with Crippen LogP contribution in [0, 0.1) is 0 Å². The molecule has 164 valence electrons. The Hall–Kier alpha value is -3.24. The van der Waals surface area contributed by atoms with Crippen molar-refractivity contribution in [3.8, 4) is 20.9 Å². The molecular weight excluding hydrogens is 461 g/mol. The lowest BCUT2D eigenvalue weighted by Gasteiger charge is -2.13. The fourth-order valence-corrected chi connectivity index (χ4v) is 5.15. The van der Waals surface area contributed by atoms with Crippen LogP contribution in [-0.4, -0.2) is 25.6 Å². The number of sulfone groups is 1. The Kier molecular flexibility index (Phi) is 5.30. The molecular formula is C22H15F3N2O3S2. The van der Waals surface area contributed by atoms with E-state index < -0.39 is 27.5 Å². The van der Waals surface area contributed by atoms with Crippen LogP contribution < -0.4 is 5.73 Å². The lowest BCUT2D eigenvalue weighted by atomic mass is 9.99. The molecule has 4 rings (SSSR count). The molecule has 0 aliphatic rings. The molecule has 0 aliphatic heterocycles. The molecule has 0 bridgehead atoms. The number of nitrogens with zero attached hydrogens (tertiary/aromatic N) is 1. The number of thiophene rings is 1. The third-order valence-corrected chi connectivity index (χ3v) is 7.13. The number of halogens is 3. The fraction of sp³-hybridized carbons (Fsp3) is 0.0909. The van der Waals surface area contributed by atoms with Gasteiger partial charge in [-0.2, -0.15) is 13.2 Å². The maximum Gasteiger partial charge on any atom is 0.418 e. The first-order valence-electron chi connectivity index (χ1n) is 9.16. The summed E-state index contributed by atoms with van der Waals surface area (Å²) in [5.41, 5.74) is 5.17. The summed E-state index contributed by atoms with van der Waals surface area (Å²) in [5, 5.41) is 0.148. The van der Waals surface area contributed by atoms with Crippen LogP contribution in [0.5, 0.6) is 0 Å². The van der Waals surface area contributed by atoms with Gasteiger partial charge in [-0.25, -0.2) is 8.42 Å². The molecule has 10 heteroatoms. The summed E-state index contributed by atoms with van der Waals surface area (Å²) in [6.07, 6.45) is -2.46. The Bertz CT molecular complexity index is 1480. The number of carbonyl (C=O) groups is 1. The van der Waals surface area contributed by atoms with E-state index in [9.17, 15) is 26.4 Å². The lowest BCUT2D eigenvalue weighted by Crippen LogP contribution is -2.14. The number of para-hydroxylation sites is 1. The molecule has 0 fully saturated rings. The molecule has 4 aromatic rings. The number of rotatable bonds is 4. The normalized spacial score (nSPS) is 12.2. The maximum atomic E-state index is 13.5. The summed E-state index contributed by atoms with van der Waals surface area (Å²) in [5.74, 6) is -0.819. The highest BCUT2D eigenvalue weighted by atomic mass is 32.2. The monoisotopic (exact) mass is 476 g/mol. The summed E-state index contributed by atoms with van der Waals surface area (Å²) in [6.45, 7) is 0. The van der Waals surface area contributed by atoms with Gasteiger partial charge in [0.15, 0.2) is 9.84 Å². The summed E-state index contributed by atoms with van der Waals surface area (Å²) < 4.78 is 64.2. The first-order chi connectivity index (χ1) is 15.0. The van der Waals surface area contributed by atoms with E-state index in [4.69, 9.17) is 5.73 Å². The van der Waals surface area contributed by atoms with Crippen LogP contribution in [0.15, 0.2) is 65.7 Å². The number of alkyl halides is 3. The number of pyridine rings is 1. The predicted octanol–water partition coefficient (Wildman–Crippen LogP) is 5.15. The third kappa shape index (κ3) is 3.98. The van der Waals surface area contributed by atoms with Gasteiger partial charge in [-0.1, -0.05) is 24.3 Å². The number of aromatic nitrogens is 1. The SMILES string of the molecule is CS(=O)(=O)c1cccc(-c2ccc(-c3c(C(N)=O)cnc4c(C(F)(F)F)cccc34)s2)c1. The second kappa shape index (κ2) is 7.72. The minimum Gasteiger partial charge on any atom is -0.366 e. The molecule has 0 unspecified atom stereocenters. The van der Waals surface area contributed by atoms with Crippen LogP contribution in [0.3, 0.4) is 0 Å². The molecule has 0 aliphatic carbocycles. The molecule has 2 aromatic carbocycles.